The summed E-state index contributed by atoms with van der Waals surface area (Å²) in [6.45, 7) is 2.69. The molecule has 0 amide bonds. The van der Waals surface area contributed by atoms with Crippen molar-refractivity contribution in [2.24, 2.45) is 11.7 Å². The van der Waals surface area contributed by atoms with E-state index in [0.29, 0.717) is 18.3 Å². The molecule has 2 rings (SSSR count). The monoisotopic (exact) mass is 243 g/mol. The molecule has 1 aromatic carbocycles. The zero-order valence-corrected chi connectivity index (χ0v) is 10.3. The van der Waals surface area contributed by atoms with E-state index >= 15 is 0 Å². The first-order chi connectivity index (χ1) is 7.14. The zero-order valence-electron chi connectivity index (χ0n) is 8.76. The molecule has 2 N–H and O–H groups in total. The Morgan fingerprint density at radius 1 is 1.53 bits per heavy atom. The highest BCUT2D eigenvalue weighted by Crippen LogP contribution is 2.54. The fourth-order valence-corrected chi connectivity index (χ4v) is 2.78. The standard InChI is InChI=1S/C12H15Cl2N/c1-8-4-9(2-3-11(8)14)12(7-15)5-10(12)6-13/h2-4,10H,5-7,15H2,1H3/t10-,12+/m0/s1. The fourth-order valence-electron chi connectivity index (χ4n) is 2.26. The lowest BCUT2D eigenvalue weighted by molar-refractivity contribution is 0.644. The quantitative estimate of drug-likeness (QED) is 0.812. The first kappa shape index (κ1) is 11.3. The molecule has 82 valence electrons. The molecular weight excluding hydrogens is 229 g/mol. The summed E-state index contributed by atoms with van der Waals surface area (Å²) in [5, 5.41) is 0.814. The Balaban J connectivity index is 2.33. The molecule has 1 aromatic rings. The van der Waals surface area contributed by atoms with E-state index in [1.807, 2.05) is 13.0 Å². The summed E-state index contributed by atoms with van der Waals surface area (Å²) in [5.41, 5.74) is 8.39. The number of aryl methyl sites for hydroxylation is 1. The Labute approximate surface area is 101 Å². The average molecular weight is 244 g/mol. The number of rotatable bonds is 3. The third-order valence-corrected chi connectivity index (χ3v) is 4.31. The van der Waals surface area contributed by atoms with E-state index in [-0.39, 0.29) is 5.41 Å². The van der Waals surface area contributed by atoms with E-state index < -0.39 is 0 Å². The summed E-state index contributed by atoms with van der Waals surface area (Å²) in [6.07, 6.45) is 1.11. The maximum absolute atomic E-state index is 6.01. The van der Waals surface area contributed by atoms with Gasteiger partial charge in [0.2, 0.25) is 0 Å². The summed E-state index contributed by atoms with van der Waals surface area (Å²) in [7, 11) is 0. The Bertz CT molecular complexity index is 378. The first-order valence-electron chi connectivity index (χ1n) is 5.16. The van der Waals surface area contributed by atoms with Gasteiger partial charge in [-0.1, -0.05) is 23.7 Å². The van der Waals surface area contributed by atoms with Gasteiger partial charge in [0.1, 0.15) is 0 Å². The van der Waals surface area contributed by atoms with Crippen LogP contribution in [0.4, 0.5) is 0 Å². The number of halogens is 2. The molecule has 0 unspecified atom stereocenters. The highest BCUT2D eigenvalue weighted by atomic mass is 35.5. The third kappa shape index (κ3) is 1.77. The van der Waals surface area contributed by atoms with Crippen molar-refractivity contribution in [2.45, 2.75) is 18.8 Å². The molecule has 0 saturated heterocycles. The lowest BCUT2D eigenvalue weighted by atomic mass is 9.92. The van der Waals surface area contributed by atoms with Crippen LogP contribution in [-0.2, 0) is 5.41 Å². The topological polar surface area (TPSA) is 26.0 Å². The predicted octanol–water partition coefficient (Wildman–Crippen LogP) is 3.10. The summed E-state index contributed by atoms with van der Waals surface area (Å²) < 4.78 is 0. The van der Waals surface area contributed by atoms with Crippen LogP contribution in [0.2, 0.25) is 5.02 Å². The molecule has 1 aliphatic carbocycles. The van der Waals surface area contributed by atoms with Crippen LogP contribution in [0.5, 0.6) is 0 Å². The van der Waals surface area contributed by atoms with Gasteiger partial charge < -0.3 is 5.73 Å². The van der Waals surface area contributed by atoms with Crippen LogP contribution in [0.25, 0.3) is 0 Å². The molecule has 15 heavy (non-hydrogen) atoms. The van der Waals surface area contributed by atoms with Crippen LogP contribution < -0.4 is 5.73 Å². The molecule has 0 radical (unpaired) electrons. The summed E-state index contributed by atoms with van der Waals surface area (Å²) in [6, 6.07) is 6.17. The number of benzene rings is 1. The van der Waals surface area contributed by atoms with Gasteiger partial charge in [-0.25, -0.2) is 0 Å². The lowest BCUT2D eigenvalue weighted by Gasteiger charge is -2.16. The second kappa shape index (κ2) is 3.97. The molecule has 1 aliphatic rings. The molecular formula is C12H15Cl2N. The molecule has 0 aromatic heterocycles. The minimum absolute atomic E-state index is 0.122. The van der Waals surface area contributed by atoms with Gasteiger partial charge in [-0.05, 0) is 36.5 Å². The molecule has 1 fully saturated rings. The molecule has 0 aliphatic heterocycles. The van der Waals surface area contributed by atoms with Gasteiger partial charge in [0.15, 0.2) is 0 Å². The molecule has 0 bridgehead atoms. The van der Waals surface area contributed by atoms with Crippen molar-refractivity contribution < 1.29 is 0 Å². The molecule has 3 heteroatoms. The van der Waals surface area contributed by atoms with Crippen molar-refractivity contribution in [3.8, 4) is 0 Å². The van der Waals surface area contributed by atoms with E-state index in [0.717, 1.165) is 17.0 Å². The Morgan fingerprint density at radius 2 is 2.27 bits per heavy atom. The molecule has 2 atom stereocenters. The van der Waals surface area contributed by atoms with Crippen LogP contribution >= 0.6 is 23.2 Å². The van der Waals surface area contributed by atoms with Crippen molar-refractivity contribution in [2.75, 3.05) is 12.4 Å². The second-order valence-corrected chi connectivity index (χ2v) is 5.10. The van der Waals surface area contributed by atoms with Crippen molar-refractivity contribution in [3.05, 3.63) is 34.3 Å². The van der Waals surface area contributed by atoms with Crippen molar-refractivity contribution in [1.82, 2.24) is 0 Å². The van der Waals surface area contributed by atoms with Crippen molar-refractivity contribution >= 4 is 23.2 Å². The fraction of sp³-hybridized carbons (Fsp3) is 0.500. The van der Waals surface area contributed by atoms with Gasteiger partial charge in [-0.15, -0.1) is 11.6 Å². The minimum atomic E-state index is 0.122. The van der Waals surface area contributed by atoms with Gasteiger partial charge in [0, 0.05) is 22.9 Å². The maximum Gasteiger partial charge on any atom is 0.0435 e. The lowest BCUT2D eigenvalue weighted by Crippen LogP contribution is -2.23. The van der Waals surface area contributed by atoms with E-state index in [4.69, 9.17) is 28.9 Å². The van der Waals surface area contributed by atoms with Crippen molar-refractivity contribution in [1.29, 1.82) is 0 Å². The van der Waals surface area contributed by atoms with Crippen LogP contribution in [0.1, 0.15) is 17.5 Å². The van der Waals surface area contributed by atoms with Crippen molar-refractivity contribution in [3.63, 3.8) is 0 Å². The maximum atomic E-state index is 6.01. The highest BCUT2D eigenvalue weighted by molar-refractivity contribution is 6.31. The van der Waals surface area contributed by atoms with E-state index in [9.17, 15) is 0 Å². The summed E-state index contributed by atoms with van der Waals surface area (Å²) >= 11 is 11.9. The highest BCUT2D eigenvalue weighted by Gasteiger charge is 2.53. The predicted molar refractivity (Wildman–Crippen MR) is 65.7 cm³/mol. The smallest absolute Gasteiger partial charge is 0.0435 e. The molecule has 1 saturated carbocycles. The van der Waals surface area contributed by atoms with Crippen LogP contribution in [0.3, 0.4) is 0 Å². The van der Waals surface area contributed by atoms with Gasteiger partial charge in [-0.2, -0.15) is 0 Å². The SMILES string of the molecule is Cc1cc([C@]2(CN)C[C@H]2CCl)ccc1Cl. The molecule has 0 heterocycles. The van der Waals surface area contributed by atoms with Gasteiger partial charge in [0.25, 0.3) is 0 Å². The average Bonchev–Trinajstić information content (AvgIpc) is 2.97. The number of alkyl halides is 1. The second-order valence-electron chi connectivity index (χ2n) is 4.38. The normalized spacial score (nSPS) is 29.2. The van der Waals surface area contributed by atoms with Gasteiger partial charge >= 0.3 is 0 Å². The van der Waals surface area contributed by atoms with Crippen LogP contribution in [-0.4, -0.2) is 12.4 Å². The largest absolute Gasteiger partial charge is 0.330 e. The van der Waals surface area contributed by atoms with E-state index in [2.05, 4.69) is 12.1 Å². The van der Waals surface area contributed by atoms with Gasteiger partial charge in [0.05, 0.1) is 0 Å². The first-order valence-corrected chi connectivity index (χ1v) is 6.08. The molecule has 1 nitrogen and oxygen atoms in total. The Kier molecular flexibility index (Phi) is 2.98. The van der Waals surface area contributed by atoms with Crippen LogP contribution in [0.15, 0.2) is 18.2 Å². The van der Waals surface area contributed by atoms with Crippen LogP contribution in [0, 0.1) is 12.8 Å². The van der Waals surface area contributed by atoms with E-state index in [1.54, 1.807) is 0 Å². The summed E-state index contributed by atoms with van der Waals surface area (Å²) in [5.74, 6) is 1.23. The zero-order chi connectivity index (χ0) is 11.1. The number of nitrogens with two attached hydrogens (primary N) is 1. The Morgan fingerprint density at radius 3 is 2.73 bits per heavy atom. The molecule has 0 spiro atoms. The Hall–Kier alpha value is -0.240. The van der Waals surface area contributed by atoms with Gasteiger partial charge in [-0.3, -0.25) is 0 Å². The minimum Gasteiger partial charge on any atom is -0.330 e. The third-order valence-electron chi connectivity index (χ3n) is 3.52. The van der Waals surface area contributed by atoms with E-state index in [1.165, 1.54) is 5.56 Å². The summed E-state index contributed by atoms with van der Waals surface area (Å²) in [4.78, 5) is 0. The number of hydrogen-bond donors (Lipinski definition) is 1. The number of hydrogen-bond acceptors (Lipinski definition) is 1.